The molecule has 26 heavy (non-hydrogen) atoms. The maximum atomic E-state index is 12.1. The van der Waals surface area contributed by atoms with Crippen molar-refractivity contribution in [2.75, 3.05) is 25.0 Å². The van der Waals surface area contributed by atoms with Crippen LogP contribution in [0.3, 0.4) is 0 Å². The number of esters is 1. The fourth-order valence-corrected chi connectivity index (χ4v) is 4.58. The summed E-state index contributed by atoms with van der Waals surface area (Å²) >= 11 is 1.42. The van der Waals surface area contributed by atoms with Crippen molar-refractivity contribution in [3.63, 3.8) is 0 Å². The normalized spacial score (nSPS) is 16.6. The Bertz CT molecular complexity index is 765. The first-order valence-corrected chi connectivity index (χ1v) is 9.68. The summed E-state index contributed by atoms with van der Waals surface area (Å²) in [5, 5.41) is 12.5. The lowest BCUT2D eigenvalue weighted by atomic mass is 10.1. The van der Waals surface area contributed by atoms with Gasteiger partial charge < -0.3 is 15.0 Å². The number of hydrogen-bond donors (Lipinski definition) is 1. The van der Waals surface area contributed by atoms with Gasteiger partial charge in [-0.1, -0.05) is 6.42 Å². The molecule has 0 spiro atoms. The molecule has 3 rings (SSSR count). The Morgan fingerprint density at radius 3 is 2.85 bits per heavy atom. The second-order valence-corrected chi connectivity index (χ2v) is 7.61. The third-order valence-electron chi connectivity index (χ3n) is 4.64. The zero-order valence-electron chi connectivity index (χ0n) is 14.5. The van der Waals surface area contributed by atoms with Gasteiger partial charge >= 0.3 is 5.97 Å². The molecule has 1 aromatic rings. The van der Waals surface area contributed by atoms with Crippen LogP contribution in [0.25, 0.3) is 0 Å². The quantitative estimate of drug-likeness (QED) is 0.794. The van der Waals surface area contributed by atoms with E-state index in [2.05, 4.69) is 11.4 Å². The van der Waals surface area contributed by atoms with E-state index in [1.165, 1.54) is 16.2 Å². The fourth-order valence-electron chi connectivity index (χ4n) is 3.33. The third-order valence-corrected chi connectivity index (χ3v) is 5.85. The molecule has 1 aliphatic carbocycles. The number of amides is 2. The summed E-state index contributed by atoms with van der Waals surface area (Å²) in [4.78, 5) is 38.5. The number of anilines is 1. The first-order chi connectivity index (χ1) is 12.6. The van der Waals surface area contributed by atoms with Gasteiger partial charge in [-0.05, 0) is 37.7 Å². The van der Waals surface area contributed by atoms with Crippen molar-refractivity contribution >= 4 is 34.1 Å². The van der Waals surface area contributed by atoms with Crippen LogP contribution < -0.4 is 5.32 Å². The topological polar surface area (TPSA) is 99.5 Å². The zero-order chi connectivity index (χ0) is 18.5. The summed E-state index contributed by atoms with van der Waals surface area (Å²) in [6.07, 6.45) is 5.99. The molecule has 7 nitrogen and oxygen atoms in total. The number of fused-ring (bicyclic) bond motifs is 1. The van der Waals surface area contributed by atoms with Crippen LogP contribution in [0.15, 0.2) is 0 Å². The van der Waals surface area contributed by atoms with Gasteiger partial charge in [0.2, 0.25) is 5.91 Å². The lowest BCUT2D eigenvalue weighted by Crippen LogP contribution is -2.36. The van der Waals surface area contributed by atoms with E-state index in [1.54, 1.807) is 0 Å². The Morgan fingerprint density at radius 1 is 1.19 bits per heavy atom. The van der Waals surface area contributed by atoms with Gasteiger partial charge in [-0.25, -0.2) is 0 Å². The minimum Gasteiger partial charge on any atom is -0.454 e. The van der Waals surface area contributed by atoms with Gasteiger partial charge in [-0.2, -0.15) is 5.26 Å². The molecule has 0 saturated carbocycles. The molecule has 0 bridgehead atoms. The number of likely N-dealkylation sites (tertiary alicyclic amines) is 1. The molecule has 8 heteroatoms. The zero-order valence-corrected chi connectivity index (χ0v) is 15.3. The summed E-state index contributed by atoms with van der Waals surface area (Å²) in [6, 6.07) is 2.15. The van der Waals surface area contributed by atoms with Gasteiger partial charge in [0.1, 0.15) is 17.6 Å². The molecule has 0 unspecified atom stereocenters. The average molecular weight is 375 g/mol. The van der Waals surface area contributed by atoms with Gasteiger partial charge in [0, 0.05) is 17.8 Å². The summed E-state index contributed by atoms with van der Waals surface area (Å²) in [5.41, 5.74) is 1.56. The van der Waals surface area contributed by atoms with Gasteiger partial charge in [-0.15, -0.1) is 11.3 Å². The van der Waals surface area contributed by atoms with E-state index < -0.39 is 18.5 Å². The standard InChI is InChI=1S/C18H21N3O4S/c19-9-13-12-5-4-6-14(12)26-18(13)20-15(22)11-25-17(24)10-21-8-3-1-2-7-16(21)23/h1-8,10-11H2,(H,20,22). The highest BCUT2D eigenvalue weighted by Crippen LogP contribution is 2.38. The van der Waals surface area contributed by atoms with E-state index >= 15 is 0 Å². The van der Waals surface area contributed by atoms with E-state index in [9.17, 15) is 19.6 Å². The smallest absolute Gasteiger partial charge is 0.326 e. The number of nitrogens with one attached hydrogen (secondary N) is 1. The van der Waals surface area contributed by atoms with E-state index in [1.807, 2.05) is 0 Å². The highest BCUT2D eigenvalue weighted by atomic mass is 32.1. The number of thiophene rings is 1. The number of hydrogen-bond acceptors (Lipinski definition) is 6. The molecule has 1 saturated heterocycles. The van der Waals surface area contributed by atoms with Crippen LogP contribution in [-0.4, -0.2) is 42.4 Å². The van der Waals surface area contributed by atoms with Crippen molar-refractivity contribution in [2.45, 2.75) is 44.9 Å². The SMILES string of the molecule is N#Cc1c(NC(=O)COC(=O)CN2CCCCCC2=O)sc2c1CCC2. The Morgan fingerprint density at radius 2 is 2.04 bits per heavy atom. The second-order valence-electron chi connectivity index (χ2n) is 6.51. The molecule has 0 aromatic carbocycles. The monoisotopic (exact) mass is 375 g/mol. The minimum atomic E-state index is -0.593. The Balaban J connectivity index is 1.49. The second kappa shape index (κ2) is 8.32. The summed E-state index contributed by atoms with van der Waals surface area (Å²) in [7, 11) is 0. The molecule has 1 N–H and O–H groups in total. The van der Waals surface area contributed by atoms with Crippen molar-refractivity contribution in [1.82, 2.24) is 4.90 Å². The summed E-state index contributed by atoms with van der Waals surface area (Å²) in [5.74, 6) is -1.11. The maximum Gasteiger partial charge on any atom is 0.326 e. The van der Waals surface area contributed by atoms with Crippen LogP contribution in [0.1, 0.15) is 48.1 Å². The summed E-state index contributed by atoms with van der Waals surface area (Å²) < 4.78 is 5.00. The third kappa shape index (κ3) is 4.22. The van der Waals surface area contributed by atoms with Gasteiger partial charge in [0.15, 0.2) is 6.61 Å². The number of carbonyl (C=O) groups is 3. The van der Waals surface area contributed by atoms with E-state index in [4.69, 9.17) is 4.74 Å². The van der Waals surface area contributed by atoms with Crippen LogP contribution in [-0.2, 0) is 32.0 Å². The van der Waals surface area contributed by atoms with Crippen molar-refractivity contribution in [3.8, 4) is 6.07 Å². The lowest BCUT2D eigenvalue weighted by Gasteiger charge is -2.19. The largest absolute Gasteiger partial charge is 0.454 e. The molecular weight excluding hydrogens is 354 g/mol. The first kappa shape index (κ1) is 18.4. The van der Waals surface area contributed by atoms with E-state index in [0.717, 1.165) is 49.0 Å². The molecule has 2 heterocycles. The van der Waals surface area contributed by atoms with Gasteiger partial charge in [0.25, 0.3) is 5.91 Å². The predicted octanol–water partition coefficient (Wildman–Crippen LogP) is 1.99. The Labute approximate surface area is 155 Å². The van der Waals surface area contributed by atoms with Crippen LogP contribution in [0, 0.1) is 11.3 Å². The van der Waals surface area contributed by atoms with Crippen LogP contribution in [0.4, 0.5) is 5.00 Å². The maximum absolute atomic E-state index is 12.1. The van der Waals surface area contributed by atoms with Gasteiger partial charge in [-0.3, -0.25) is 14.4 Å². The number of aryl methyl sites for hydroxylation is 1. The average Bonchev–Trinajstić information content (AvgIpc) is 3.12. The molecular formula is C18H21N3O4S. The van der Waals surface area contributed by atoms with Crippen molar-refractivity contribution < 1.29 is 19.1 Å². The molecule has 1 aromatic heterocycles. The molecule has 1 aliphatic heterocycles. The Kier molecular flexibility index (Phi) is 5.89. The highest BCUT2D eigenvalue weighted by molar-refractivity contribution is 7.16. The molecule has 0 radical (unpaired) electrons. The number of carbonyl (C=O) groups excluding carboxylic acids is 3. The van der Waals surface area contributed by atoms with Crippen LogP contribution in [0.2, 0.25) is 0 Å². The van der Waals surface area contributed by atoms with E-state index in [-0.39, 0.29) is 12.5 Å². The predicted molar refractivity (Wildman–Crippen MR) is 95.7 cm³/mol. The van der Waals surface area contributed by atoms with Crippen molar-refractivity contribution in [1.29, 1.82) is 5.26 Å². The number of nitriles is 1. The molecule has 1 fully saturated rings. The van der Waals surface area contributed by atoms with Gasteiger partial charge in [0.05, 0.1) is 5.56 Å². The number of rotatable bonds is 5. The van der Waals surface area contributed by atoms with Crippen molar-refractivity contribution in [3.05, 3.63) is 16.0 Å². The van der Waals surface area contributed by atoms with Crippen LogP contribution in [0.5, 0.6) is 0 Å². The molecule has 138 valence electrons. The van der Waals surface area contributed by atoms with Crippen LogP contribution >= 0.6 is 11.3 Å². The Hall–Kier alpha value is -2.40. The first-order valence-electron chi connectivity index (χ1n) is 8.86. The lowest BCUT2D eigenvalue weighted by molar-refractivity contribution is -0.151. The molecule has 2 aliphatic rings. The molecule has 0 atom stereocenters. The van der Waals surface area contributed by atoms with Crippen molar-refractivity contribution in [2.24, 2.45) is 0 Å². The molecule has 2 amide bonds. The number of nitrogens with zero attached hydrogens (tertiary/aromatic N) is 2. The highest BCUT2D eigenvalue weighted by Gasteiger charge is 2.24. The fraction of sp³-hybridized carbons (Fsp3) is 0.556. The minimum absolute atomic E-state index is 0.0457. The summed E-state index contributed by atoms with van der Waals surface area (Å²) in [6.45, 7) is 0.00354. The van der Waals surface area contributed by atoms with E-state index in [0.29, 0.717) is 23.5 Å². The number of ether oxygens (including phenoxy) is 1.